The lowest BCUT2D eigenvalue weighted by Gasteiger charge is -2.27. The van der Waals surface area contributed by atoms with Gasteiger partial charge in [0.05, 0.1) is 0 Å². The molecule has 0 bridgehead atoms. The van der Waals surface area contributed by atoms with Crippen molar-refractivity contribution in [2.75, 3.05) is 32.0 Å². The molecule has 0 spiro atoms. The lowest BCUT2D eigenvalue weighted by molar-refractivity contribution is 0.402. The second-order valence-corrected chi connectivity index (χ2v) is 6.26. The minimum absolute atomic E-state index is 0. The van der Waals surface area contributed by atoms with E-state index in [9.17, 15) is 0 Å². The predicted molar refractivity (Wildman–Crippen MR) is 102 cm³/mol. The van der Waals surface area contributed by atoms with Gasteiger partial charge in [-0.25, -0.2) is 0 Å². The minimum atomic E-state index is -2.04. The average Bonchev–Trinajstić information content (AvgIpc) is 2.71. The molecule has 0 aromatic heterocycles. The molecule has 23 heavy (non-hydrogen) atoms. The highest BCUT2D eigenvalue weighted by Gasteiger charge is 2.20. The number of fused-ring (bicyclic) bond motifs is 2. The Morgan fingerprint density at radius 3 is 2.65 bits per heavy atom. The van der Waals surface area contributed by atoms with Crippen LogP contribution in [0.1, 0.15) is 29.1 Å². The van der Waals surface area contributed by atoms with Crippen LogP contribution in [-0.2, 0) is 12.8 Å². The van der Waals surface area contributed by atoms with Crippen LogP contribution in [0.5, 0.6) is 0 Å². The van der Waals surface area contributed by atoms with E-state index in [1.165, 1.54) is 21.7 Å². The standard InChI is InChI=1S/C19H23ClN2.CH4/c1-21(2)12-5-13-22-18-7-4-3-6-15(18)8-9-16-10-11-17(20)14-19(16)22;/h3-4,6-7,10-11,14H,5,8-9,12-13H2,1-2H3;1H4/i1D3;. The quantitative estimate of drug-likeness (QED) is 0.762. The molecule has 0 unspecified atom stereocenters. The average molecular weight is 334 g/mol. The van der Waals surface area contributed by atoms with Gasteiger partial charge < -0.3 is 9.80 Å². The number of anilines is 2. The van der Waals surface area contributed by atoms with Gasteiger partial charge in [0, 0.05) is 27.1 Å². The summed E-state index contributed by atoms with van der Waals surface area (Å²) < 4.78 is 22.5. The summed E-state index contributed by atoms with van der Waals surface area (Å²) in [6, 6.07) is 14.5. The highest BCUT2D eigenvalue weighted by atomic mass is 35.5. The molecule has 124 valence electrons. The molecule has 3 rings (SSSR count). The molecule has 2 aromatic rings. The van der Waals surface area contributed by atoms with E-state index >= 15 is 0 Å². The first-order valence-electron chi connectivity index (χ1n) is 9.21. The maximum atomic E-state index is 7.49. The van der Waals surface area contributed by atoms with Gasteiger partial charge >= 0.3 is 0 Å². The van der Waals surface area contributed by atoms with E-state index in [-0.39, 0.29) is 7.43 Å². The molecule has 0 atom stereocenters. The SMILES string of the molecule is C.[2H]C([2H])([2H])N(C)CCCN1c2ccccc2CCc2ccc(Cl)cc21. The van der Waals surface area contributed by atoms with E-state index < -0.39 is 6.98 Å². The molecule has 1 aliphatic heterocycles. The van der Waals surface area contributed by atoms with Gasteiger partial charge in [0.1, 0.15) is 0 Å². The van der Waals surface area contributed by atoms with Gasteiger partial charge in [-0.1, -0.05) is 43.3 Å². The lowest BCUT2D eigenvalue weighted by Crippen LogP contribution is -2.24. The van der Waals surface area contributed by atoms with Gasteiger partial charge in [0.2, 0.25) is 0 Å². The first-order valence-corrected chi connectivity index (χ1v) is 8.09. The summed E-state index contributed by atoms with van der Waals surface area (Å²) in [5.41, 5.74) is 4.93. The number of aryl methyl sites for hydroxylation is 2. The summed E-state index contributed by atoms with van der Waals surface area (Å²) in [5.74, 6) is 0. The van der Waals surface area contributed by atoms with Gasteiger partial charge in [-0.2, -0.15) is 0 Å². The molecule has 1 heterocycles. The van der Waals surface area contributed by atoms with E-state index in [1.807, 2.05) is 12.1 Å². The molecule has 0 radical (unpaired) electrons. The van der Waals surface area contributed by atoms with Crippen LogP contribution in [0.2, 0.25) is 5.02 Å². The van der Waals surface area contributed by atoms with Crippen molar-refractivity contribution in [3.05, 3.63) is 58.6 Å². The molecule has 0 saturated heterocycles. The maximum Gasteiger partial charge on any atom is 0.0458 e. The van der Waals surface area contributed by atoms with Crippen LogP contribution in [0.3, 0.4) is 0 Å². The number of para-hydroxylation sites is 1. The van der Waals surface area contributed by atoms with E-state index in [2.05, 4.69) is 35.2 Å². The molecule has 0 aliphatic carbocycles. The van der Waals surface area contributed by atoms with Crippen molar-refractivity contribution in [2.24, 2.45) is 0 Å². The molecule has 0 saturated carbocycles. The number of nitrogens with zero attached hydrogens (tertiary/aromatic N) is 2. The van der Waals surface area contributed by atoms with Crippen LogP contribution in [0, 0.1) is 0 Å². The van der Waals surface area contributed by atoms with E-state index in [0.717, 1.165) is 36.5 Å². The van der Waals surface area contributed by atoms with Crippen LogP contribution in [0.15, 0.2) is 42.5 Å². The zero-order valence-corrected chi connectivity index (χ0v) is 13.6. The number of rotatable bonds is 4. The molecule has 1 aliphatic rings. The second kappa shape index (κ2) is 7.85. The molecule has 0 fully saturated rings. The van der Waals surface area contributed by atoms with Gasteiger partial charge in [0.15, 0.2) is 0 Å². The monoisotopic (exact) mass is 333 g/mol. The molecule has 2 aromatic carbocycles. The third-order valence-corrected chi connectivity index (χ3v) is 4.39. The maximum absolute atomic E-state index is 7.49. The third-order valence-electron chi connectivity index (χ3n) is 4.16. The lowest BCUT2D eigenvalue weighted by atomic mass is 10.0. The number of hydrogen-bond acceptors (Lipinski definition) is 2. The summed E-state index contributed by atoms with van der Waals surface area (Å²) in [6.45, 7) is -0.770. The summed E-state index contributed by atoms with van der Waals surface area (Å²) >= 11 is 6.26. The first-order chi connectivity index (χ1) is 11.9. The van der Waals surface area contributed by atoms with Crippen molar-refractivity contribution in [1.82, 2.24) is 4.90 Å². The fourth-order valence-corrected chi connectivity index (χ4v) is 3.26. The highest BCUT2D eigenvalue weighted by Crippen LogP contribution is 2.37. The highest BCUT2D eigenvalue weighted by molar-refractivity contribution is 6.30. The summed E-state index contributed by atoms with van der Waals surface area (Å²) in [6.07, 6.45) is 2.74. The molecular formula is C20H27ClN2. The van der Waals surface area contributed by atoms with E-state index in [0.29, 0.717) is 6.54 Å². The Kier molecular flexibility index (Phi) is 4.74. The van der Waals surface area contributed by atoms with Crippen molar-refractivity contribution in [3.63, 3.8) is 0 Å². The van der Waals surface area contributed by atoms with Crippen LogP contribution in [0.25, 0.3) is 0 Å². The summed E-state index contributed by atoms with van der Waals surface area (Å²) in [7, 11) is 1.65. The molecule has 0 N–H and O–H groups in total. The third kappa shape index (κ3) is 4.07. The van der Waals surface area contributed by atoms with Gasteiger partial charge in [-0.3, -0.25) is 0 Å². The molecule has 0 amide bonds. The Labute approximate surface area is 149 Å². The Balaban J connectivity index is 0.00000243. The zero-order chi connectivity index (χ0) is 18.0. The Morgan fingerprint density at radius 2 is 1.87 bits per heavy atom. The van der Waals surface area contributed by atoms with Crippen molar-refractivity contribution < 1.29 is 4.11 Å². The number of halogens is 1. The van der Waals surface area contributed by atoms with Crippen molar-refractivity contribution in [3.8, 4) is 0 Å². The van der Waals surface area contributed by atoms with E-state index in [1.54, 1.807) is 7.05 Å². The van der Waals surface area contributed by atoms with Crippen molar-refractivity contribution in [2.45, 2.75) is 26.7 Å². The Bertz CT molecular complexity index is 746. The molecular weight excluding hydrogens is 304 g/mol. The van der Waals surface area contributed by atoms with Gasteiger partial charge in [-0.15, -0.1) is 0 Å². The van der Waals surface area contributed by atoms with Crippen LogP contribution in [-0.4, -0.2) is 32.0 Å². The first kappa shape index (κ1) is 13.9. The fraction of sp³-hybridized carbons (Fsp3) is 0.400. The van der Waals surface area contributed by atoms with Crippen molar-refractivity contribution >= 4 is 23.0 Å². The van der Waals surface area contributed by atoms with Crippen molar-refractivity contribution in [1.29, 1.82) is 0 Å². The molecule has 3 heteroatoms. The minimum Gasteiger partial charge on any atom is -0.341 e. The van der Waals surface area contributed by atoms with Gasteiger partial charge in [0.25, 0.3) is 0 Å². The Morgan fingerprint density at radius 1 is 1.13 bits per heavy atom. The largest absolute Gasteiger partial charge is 0.341 e. The number of hydrogen-bond donors (Lipinski definition) is 0. The zero-order valence-electron chi connectivity index (χ0n) is 15.8. The van der Waals surface area contributed by atoms with E-state index in [4.69, 9.17) is 15.7 Å². The van der Waals surface area contributed by atoms with Crippen LogP contribution in [0.4, 0.5) is 11.4 Å². The predicted octanol–water partition coefficient (Wildman–Crippen LogP) is 5.16. The van der Waals surface area contributed by atoms with Crippen LogP contribution < -0.4 is 4.90 Å². The topological polar surface area (TPSA) is 6.48 Å². The summed E-state index contributed by atoms with van der Waals surface area (Å²) in [5, 5.41) is 0.725. The summed E-state index contributed by atoms with van der Waals surface area (Å²) in [4.78, 5) is 3.71. The van der Waals surface area contributed by atoms with Crippen LogP contribution >= 0.6 is 11.6 Å². The normalized spacial score (nSPS) is 15.6. The molecule has 2 nitrogen and oxygen atoms in total. The van der Waals surface area contributed by atoms with Gasteiger partial charge in [-0.05, 0) is 69.2 Å². The fourth-order valence-electron chi connectivity index (χ4n) is 3.09. The Hall–Kier alpha value is -1.51. The number of benzene rings is 2. The second-order valence-electron chi connectivity index (χ2n) is 5.83. The smallest absolute Gasteiger partial charge is 0.0458 e.